The third-order valence-electron chi connectivity index (χ3n) is 4.45. The minimum Gasteiger partial charge on any atom is -0.480 e. The van der Waals surface area contributed by atoms with E-state index in [0.717, 1.165) is 16.3 Å². The molecule has 0 saturated carbocycles. The van der Waals surface area contributed by atoms with Gasteiger partial charge in [-0.25, -0.2) is 0 Å². The quantitative estimate of drug-likeness (QED) is 0.368. The highest BCUT2D eigenvalue weighted by Gasteiger charge is 2.29. The molecule has 3 rings (SSSR count). The van der Waals surface area contributed by atoms with Gasteiger partial charge in [-0.1, -0.05) is 65.8 Å². The van der Waals surface area contributed by atoms with Crippen LogP contribution in [0.5, 0.6) is 0 Å². The highest BCUT2D eigenvalue weighted by Crippen LogP contribution is 2.22. The van der Waals surface area contributed by atoms with E-state index >= 15 is 0 Å². The Morgan fingerprint density at radius 2 is 1.57 bits per heavy atom. The lowest BCUT2D eigenvalue weighted by Gasteiger charge is -2.13. The lowest BCUT2D eigenvalue weighted by atomic mass is 9.94. The van der Waals surface area contributed by atoms with Gasteiger partial charge in [0.25, 0.3) is 0 Å². The largest absolute Gasteiger partial charge is 0.480 e. The fourth-order valence-corrected chi connectivity index (χ4v) is 2.98. The zero-order valence-corrected chi connectivity index (χ0v) is 15.2. The molecule has 0 spiro atoms. The molecule has 3 aromatic rings. The molecule has 0 aliphatic heterocycles. The summed E-state index contributed by atoms with van der Waals surface area (Å²) in [6, 6.07) is 20.4. The second kappa shape index (κ2) is 8.35. The number of oxime groups is 1. The van der Waals surface area contributed by atoms with Gasteiger partial charge in [-0.3, -0.25) is 9.59 Å². The van der Waals surface area contributed by atoms with Crippen LogP contribution in [0.1, 0.15) is 29.5 Å². The molecule has 0 radical (unpaired) electrons. The van der Waals surface area contributed by atoms with Crippen LogP contribution >= 0.6 is 0 Å². The van der Waals surface area contributed by atoms with Crippen molar-refractivity contribution in [2.24, 2.45) is 5.16 Å². The van der Waals surface area contributed by atoms with Gasteiger partial charge in [-0.2, -0.15) is 0 Å². The van der Waals surface area contributed by atoms with Crippen LogP contribution in [0.3, 0.4) is 0 Å². The number of rotatable bonds is 7. The van der Waals surface area contributed by atoms with Gasteiger partial charge in [0.1, 0.15) is 6.61 Å². The fourth-order valence-electron chi connectivity index (χ4n) is 2.98. The van der Waals surface area contributed by atoms with E-state index in [1.54, 1.807) is 18.2 Å². The first-order valence-corrected chi connectivity index (χ1v) is 8.66. The van der Waals surface area contributed by atoms with Crippen LogP contribution < -0.4 is 0 Å². The number of carboxylic acids is 2. The van der Waals surface area contributed by atoms with E-state index in [-0.39, 0.29) is 12.2 Å². The summed E-state index contributed by atoms with van der Waals surface area (Å²) in [6.45, 7) is 1.78. The molecule has 0 amide bonds. The Balaban J connectivity index is 1.78. The number of nitrogens with zero attached hydrogens (tertiary/aromatic N) is 1. The number of fused-ring (bicyclic) bond motifs is 1. The Kier molecular flexibility index (Phi) is 5.69. The molecule has 6 nitrogen and oxygen atoms in total. The van der Waals surface area contributed by atoms with Crippen LogP contribution in [-0.2, 0) is 21.0 Å². The second-order valence-corrected chi connectivity index (χ2v) is 6.32. The number of aliphatic carboxylic acids is 2. The van der Waals surface area contributed by atoms with E-state index in [1.807, 2.05) is 49.4 Å². The molecule has 0 bridgehead atoms. The molecule has 0 fully saturated rings. The van der Waals surface area contributed by atoms with Crippen LogP contribution in [0.15, 0.2) is 71.9 Å². The first kappa shape index (κ1) is 19.1. The van der Waals surface area contributed by atoms with Gasteiger partial charge in [-0.15, -0.1) is 0 Å². The summed E-state index contributed by atoms with van der Waals surface area (Å²) in [5.41, 5.74) is 2.21. The monoisotopic (exact) mass is 377 g/mol. The molecule has 6 heteroatoms. The number of hydrogen-bond donors (Lipinski definition) is 2. The van der Waals surface area contributed by atoms with E-state index in [4.69, 9.17) is 4.84 Å². The zero-order chi connectivity index (χ0) is 20.1. The Hall–Kier alpha value is -3.67. The van der Waals surface area contributed by atoms with Crippen molar-refractivity contribution < 1.29 is 24.6 Å². The van der Waals surface area contributed by atoms with Crippen molar-refractivity contribution in [1.82, 2.24) is 0 Å². The summed E-state index contributed by atoms with van der Waals surface area (Å²) >= 11 is 0. The van der Waals surface area contributed by atoms with Crippen molar-refractivity contribution in [3.05, 3.63) is 83.4 Å². The Morgan fingerprint density at radius 3 is 2.29 bits per heavy atom. The Bertz CT molecular complexity index is 1040. The summed E-state index contributed by atoms with van der Waals surface area (Å²) in [7, 11) is 0. The van der Waals surface area contributed by atoms with Gasteiger partial charge in [0.2, 0.25) is 0 Å². The lowest BCUT2D eigenvalue weighted by Crippen LogP contribution is -2.22. The molecule has 142 valence electrons. The van der Waals surface area contributed by atoms with Crippen LogP contribution in [0.4, 0.5) is 0 Å². The maximum atomic E-state index is 11.3. The minimum atomic E-state index is -1.65. The van der Waals surface area contributed by atoms with Crippen LogP contribution in [-0.4, -0.2) is 27.9 Å². The molecule has 0 aromatic heterocycles. The Labute approximate surface area is 161 Å². The average molecular weight is 377 g/mol. The van der Waals surface area contributed by atoms with Crippen molar-refractivity contribution in [2.75, 3.05) is 0 Å². The lowest BCUT2D eigenvalue weighted by molar-refractivity contribution is -0.150. The van der Waals surface area contributed by atoms with Gasteiger partial charge in [0, 0.05) is 0 Å². The number of carboxylic acid groups (broad SMARTS) is 2. The van der Waals surface area contributed by atoms with Crippen molar-refractivity contribution in [2.45, 2.75) is 19.4 Å². The third kappa shape index (κ3) is 4.17. The molecular weight excluding hydrogens is 358 g/mol. The minimum absolute atomic E-state index is 0.0296. The molecule has 3 aromatic carbocycles. The summed E-state index contributed by atoms with van der Waals surface area (Å²) in [5, 5.41) is 24.8. The predicted octanol–water partition coefficient (Wildman–Crippen LogP) is 4.03. The zero-order valence-electron chi connectivity index (χ0n) is 15.2. The van der Waals surface area contributed by atoms with E-state index in [9.17, 15) is 19.8 Å². The standard InChI is InChI=1S/C22H19NO5/c1-14(16-11-10-15-6-2-3-7-17(15)12-16)23-28-13-18-8-4-5-9-19(18)20(21(24)25)22(26)27/h2-12,20H,13H2,1H3,(H,24,25)(H,26,27)/b23-14-. The molecule has 0 aliphatic carbocycles. The number of benzene rings is 3. The maximum absolute atomic E-state index is 11.3. The molecule has 0 heterocycles. The van der Waals surface area contributed by atoms with Gasteiger partial charge >= 0.3 is 11.9 Å². The first-order valence-electron chi connectivity index (χ1n) is 8.66. The Morgan fingerprint density at radius 1 is 0.929 bits per heavy atom. The van der Waals surface area contributed by atoms with Crippen molar-refractivity contribution in [3.63, 3.8) is 0 Å². The van der Waals surface area contributed by atoms with Gasteiger partial charge < -0.3 is 15.1 Å². The molecule has 0 aliphatic rings. The highest BCUT2D eigenvalue weighted by atomic mass is 16.6. The smallest absolute Gasteiger partial charge is 0.322 e. The summed E-state index contributed by atoms with van der Waals surface area (Å²) < 4.78 is 0. The fraction of sp³-hybridized carbons (Fsp3) is 0.136. The third-order valence-corrected chi connectivity index (χ3v) is 4.45. The van der Waals surface area contributed by atoms with Crippen LogP contribution in [0.2, 0.25) is 0 Å². The number of carbonyl (C=O) groups is 2. The van der Waals surface area contributed by atoms with Crippen LogP contribution in [0.25, 0.3) is 10.8 Å². The van der Waals surface area contributed by atoms with E-state index in [0.29, 0.717) is 11.3 Å². The summed E-state index contributed by atoms with van der Waals surface area (Å²) in [5.74, 6) is -4.49. The normalized spacial score (nSPS) is 11.6. The summed E-state index contributed by atoms with van der Waals surface area (Å²) in [4.78, 5) is 28.0. The van der Waals surface area contributed by atoms with Crippen molar-refractivity contribution >= 4 is 28.4 Å². The molecule has 28 heavy (non-hydrogen) atoms. The maximum Gasteiger partial charge on any atom is 0.322 e. The molecular formula is C22H19NO5. The molecule has 0 saturated heterocycles. The molecule has 0 unspecified atom stereocenters. The van der Waals surface area contributed by atoms with Crippen LogP contribution in [0, 0.1) is 0 Å². The van der Waals surface area contributed by atoms with Crippen molar-refractivity contribution in [1.29, 1.82) is 0 Å². The number of hydrogen-bond acceptors (Lipinski definition) is 4. The van der Waals surface area contributed by atoms with E-state index < -0.39 is 17.9 Å². The van der Waals surface area contributed by atoms with Gasteiger partial charge in [0.05, 0.1) is 5.71 Å². The SMILES string of the molecule is C/C(=N/OCc1ccccc1C(C(=O)O)C(=O)O)c1ccc2ccccc2c1. The topological polar surface area (TPSA) is 96.2 Å². The summed E-state index contributed by atoms with van der Waals surface area (Å²) in [6.07, 6.45) is 0. The average Bonchev–Trinajstić information content (AvgIpc) is 2.68. The van der Waals surface area contributed by atoms with Gasteiger partial charge in [-0.05, 0) is 40.5 Å². The second-order valence-electron chi connectivity index (χ2n) is 6.32. The van der Waals surface area contributed by atoms with E-state index in [2.05, 4.69) is 5.16 Å². The van der Waals surface area contributed by atoms with Gasteiger partial charge in [0.15, 0.2) is 5.92 Å². The molecule has 0 atom stereocenters. The first-order chi connectivity index (χ1) is 13.5. The highest BCUT2D eigenvalue weighted by molar-refractivity contribution is 6.01. The van der Waals surface area contributed by atoms with Crippen molar-refractivity contribution in [3.8, 4) is 0 Å². The van der Waals surface area contributed by atoms with E-state index in [1.165, 1.54) is 6.07 Å². The predicted molar refractivity (Wildman–Crippen MR) is 105 cm³/mol. The molecule has 2 N–H and O–H groups in total.